The third-order valence-corrected chi connectivity index (χ3v) is 5.00. The van der Waals surface area contributed by atoms with Gasteiger partial charge in [-0.25, -0.2) is 10.3 Å². The maximum absolute atomic E-state index is 12.7. The molecule has 0 radical (unpaired) electrons. The van der Waals surface area contributed by atoms with E-state index in [0.717, 1.165) is 16.9 Å². The van der Waals surface area contributed by atoms with Crippen LogP contribution in [0.1, 0.15) is 54.7 Å². The number of hydroxylamine groups is 1. The molecule has 33 heavy (non-hydrogen) atoms. The predicted molar refractivity (Wildman–Crippen MR) is 124 cm³/mol. The van der Waals surface area contributed by atoms with Gasteiger partial charge in [0.15, 0.2) is 0 Å². The summed E-state index contributed by atoms with van der Waals surface area (Å²) in [5.74, 6) is 4.60. The van der Waals surface area contributed by atoms with Crippen molar-refractivity contribution in [3.05, 3.63) is 70.8 Å². The van der Waals surface area contributed by atoms with Crippen LogP contribution in [0.4, 0.5) is 4.79 Å². The van der Waals surface area contributed by atoms with Crippen LogP contribution >= 0.6 is 0 Å². The molecule has 0 aliphatic carbocycles. The van der Waals surface area contributed by atoms with Crippen LogP contribution in [0.2, 0.25) is 0 Å². The van der Waals surface area contributed by atoms with Gasteiger partial charge in [0, 0.05) is 22.2 Å². The number of carbonyl (C=O) groups is 3. The van der Waals surface area contributed by atoms with E-state index in [4.69, 9.17) is 5.21 Å². The lowest BCUT2D eigenvalue weighted by Crippen LogP contribution is -2.57. The van der Waals surface area contributed by atoms with Gasteiger partial charge in [-0.15, -0.1) is 0 Å². The largest absolute Gasteiger partial charge is 0.465 e. The van der Waals surface area contributed by atoms with E-state index in [2.05, 4.69) is 24.1 Å². The fourth-order valence-corrected chi connectivity index (χ4v) is 3.01. The van der Waals surface area contributed by atoms with E-state index in [1.807, 2.05) is 24.3 Å². The van der Waals surface area contributed by atoms with E-state index in [0.29, 0.717) is 5.56 Å². The summed E-state index contributed by atoms with van der Waals surface area (Å²) in [6.45, 7) is 6.74. The summed E-state index contributed by atoms with van der Waals surface area (Å²) >= 11 is 0. The zero-order valence-corrected chi connectivity index (χ0v) is 19.2. The Morgan fingerprint density at radius 2 is 1.48 bits per heavy atom. The first-order valence-corrected chi connectivity index (χ1v) is 10.5. The fraction of sp³-hybridized carbons (Fsp3) is 0.320. The minimum atomic E-state index is -1.29. The average Bonchev–Trinajstić information content (AvgIpc) is 2.79. The van der Waals surface area contributed by atoms with Crippen molar-refractivity contribution >= 4 is 17.9 Å². The molecular formula is C25H29N3O5. The van der Waals surface area contributed by atoms with Crippen molar-refractivity contribution < 1.29 is 24.7 Å². The van der Waals surface area contributed by atoms with Crippen LogP contribution < -0.4 is 10.8 Å². The molecule has 0 fully saturated rings. The van der Waals surface area contributed by atoms with Gasteiger partial charge in [-0.05, 0) is 69.2 Å². The molecule has 2 aromatic rings. The Balaban J connectivity index is 2.12. The van der Waals surface area contributed by atoms with Gasteiger partial charge >= 0.3 is 6.09 Å². The first-order chi connectivity index (χ1) is 15.5. The van der Waals surface area contributed by atoms with Crippen LogP contribution in [0.15, 0.2) is 48.5 Å². The molecule has 8 heteroatoms. The molecule has 174 valence electrons. The Labute approximate surface area is 193 Å². The SMILES string of the molecule is CCc1ccc(C#Cc2ccc(C(=O)N[C@@H](CN(C(=O)O)C(C)(C)C)C(=O)NO)cc2)cc1. The molecule has 4 N–H and O–H groups in total. The summed E-state index contributed by atoms with van der Waals surface area (Å²) in [7, 11) is 0. The molecule has 0 saturated carbocycles. The second-order valence-electron chi connectivity index (χ2n) is 8.44. The number of nitrogens with one attached hydrogen (secondary N) is 2. The molecule has 2 aromatic carbocycles. The van der Waals surface area contributed by atoms with Gasteiger partial charge < -0.3 is 15.3 Å². The molecule has 1 atom stereocenters. The monoisotopic (exact) mass is 451 g/mol. The number of aryl methyl sites for hydroxylation is 1. The number of amides is 3. The Hall–Kier alpha value is -3.83. The third-order valence-electron chi connectivity index (χ3n) is 5.00. The molecule has 0 saturated heterocycles. The number of rotatable bonds is 6. The van der Waals surface area contributed by atoms with E-state index < -0.39 is 29.5 Å². The zero-order valence-electron chi connectivity index (χ0n) is 19.2. The van der Waals surface area contributed by atoms with Gasteiger partial charge in [0.25, 0.3) is 11.8 Å². The Bertz CT molecular complexity index is 1040. The van der Waals surface area contributed by atoms with Crippen molar-refractivity contribution in [1.29, 1.82) is 0 Å². The molecule has 0 aliphatic heterocycles. The van der Waals surface area contributed by atoms with Gasteiger partial charge in [0.2, 0.25) is 0 Å². The maximum Gasteiger partial charge on any atom is 0.407 e. The van der Waals surface area contributed by atoms with E-state index in [9.17, 15) is 19.5 Å². The molecule has 2 rings (SSSR count). The van der Waals surface area contributed by atoms with Gasteiger partial charge in [-0.3, -0.25) is 14.8 Å². The smallest absolute Gasteiger partial charge is 0.407 e. The molecular weight excluding hydrogens is 422 g/mol. The van der Waals surface area contributed by atoms with Gasteiger partial charge in [0.1, 0.15) is 6.04 Å². The van der Waals surface area contributed by atoms with E-state index in [1.54, 1.807) is 45.0 Å². The van der Waals surface area contributed by atoms with Crippen molar-refractivity contribution in [2.75, 3.05) is 6.54 Å². The normalized spacial score (nSPS) is 11.5. The van der Waals surface area contributed by atoms with Crippen molar-refractivity contribution in [3.63, 3.8) is 0 Å². The third kappa shape index (κ3) is 7.37. The van der Waals surface area contributed by atoms with Crippen LogP contribution in [0.25, 0.3) is 0 Å². The molecule has 0 spiro atoms. The summed E-state index contributed by atoms with van der Waals surface area (Å²) in [4.78, 5) is 37.3. The lowest BCUT2D eigenvalue weighted by molar-refractivity contribution is -0.131. The van der Waals surface area contributed by atoms with Crippen LogP contribution in [0.5, 0.6) is 0 Å². The molecule has 0 aromatic heterocycles. The second-order valence-corrected chi connectivity index (χ2v) is 8.44. The van der Waals surface area contributed by atoms with Crippen LogP contribution in [-0.4, -0.2) is 51.2 Å². The zero-order chi connectivity index (χ0) is 24.6. The predicted octanol–water partition coefficient (Wildman–Crippen LogP) is 3.03. The molecule has 0 unspecified atom stereocenters. The molecule has 8 nitrogen and oxygen atoms in total. The highest BCUT2D eigenvalue weighted by molar-refractivity contribution is 5.97. The minimum Gasteiger partial charge on any atom is -0.465 e. The highest BCUT2D eigenvalue weighted by Crippen LogP contribution is 2.14. The molecule has 0 aliphatic rings. The highest BCUT2D eigenvalue weighted by Gasteiger charge is 2.32. The van der Waals surface area contributed by atoms with Crippen LogP contribution in [-0.2, 0) is 11.2 Å². The quantitative estimate of drug-likeness (QED) is 0.306. The molecule has 0 heterocycles. The minimum absolute atomic E-state index is 0.265. The summed E-state index contributed by atoms with van der Waals surface area (Å²) in [5.41, 5.74) is 3.75. The van der Waals surface area contributed by atoms with Crippen molar-refractivity contribution in [1.82, 2.24) is 15.7 Å². The van der Waals surface area contributed by atoms with Gasteiger partial charge in [0.05, 0.1) is 6.54 Å². The lowest BCUT2D eigenvalue weighted by Gasteiger charge is -2.35. The van der Waals surface area contributed by atoms with Crippen LogP contribution in [0.3, 0.4) is 0 Å². The summed E-state index contributed by atoms with van der Waals surface area (Å²) in [6, 6.07) is 13.2. The Morgan fingerprint density at radius 3 is 1.91 bits per heavy atom. The highest BCUT2D eigenvalue weighted by atomic mass is 16.5. The van der Waals surface area contributed by atoms with E-state index in [1.165, 1.54) is 11.0 Å². The number of nitrogens with zero attached hydrogens (tertiary/aromatic N) is 1. The molecule has 0 bridgehead atoms. The van der Waals surface area contributed by atoms with Gasteiger partial charge in [-0.1, -0.05) is 30.9 Å². The second kappa shape index (κ2) is 11.2. The number of carboxylic acid groups (broad SMARTS) is 1. The van der Waals surface area contributed by atoms with E-state index >= 15 is 0 Å². The maximum atomic E-state index is 12.7. The average molecular weight is 452 g/mol. The first-order valence-electron chi connectivity index (χ1n) is 10.5. The van der Waals surface area contributed by atoms with Gasteiger partial charge in [-0.2, -0.15) is 0 Å². The lowest BCUT2D eigenvalue weighted by atomic mass is 10.0. The number of benzene rings is 2. The summed E-state index contributed by atoms with van der Waals surface area (Å²) in [6.07, 6.45) is -0.289. The number of hydrogen-bond donors (Lipinski definition) is 4. The van der Waals surface area contributed by atoms with Crippen LogP contribution in [0, 0.1) is 11.8 Å². The number of hydrogen-bond acceptors (Lipinski definition) is 4. The van der Waals surface area contributed by atoms with E-state index in [-0.39, 0.29) is 12.1 Å². The fourth-order valence-electron chi connectivity index (χ4n) is 3.01. The number of carbonyl (C=O) groups excluding carboxylic acids is 2. The molecule has 3 amide bonds. The Morgan fingerprint density at radius 1 is 0.970 bits per heavy atom. The standard InChI is InChI=1S/C25H29N3O5/c1-5-17-6-8-18(9-7-17)10-11-19-12-14-20(15-13-19)22(29)26-21(23(30)27-33)16-28(24(31)32)25(2,3)4/h6-9,12-15,21,33H,5,16H2,1-4H3,(H,26,29)(H,27,30)(H,31,32)/t21-/m0/s1. The van der Waals surface area contributed by atoms with Crippen molar-refractivity contribution in [2.24, 2.45) is 0 Å². The van der Waals surface area contributed by atoms with Crippen molar-refractivity contribution in [2.45, 2.75) is 45.7 Å². The summed E-state index contributed by atoms with van der Waals surface area (Å²) < 4.78 is 0. The summed E-state index contributed by atoms with van der Waals surface area (Å²) in [5, 5.41) is 21.0. The first kappa shape index (κ1) is 25.4. The topological polar surface area (TPSA) is 119 Å². The Kier molecular flexibility index (Phi) is 8.60. The van der Waals surface area contributed by atoms with Crippen molar-refractivity contribution in [3.8, 4) is 11.8 Å².